The molecule has 1 aliphatic heterocycles. The monoisotopic (exact) mass is 157 g/mol. The Balaban J connectivity index is 1.96. The molecule has 2 heteroatoms. The van der Waals surface area contributed by atoms with E-state index in [1.165, 1.54) is 25.1 Å². The molecular weight excluding hydrogens is 142 g/mol. The van der Waals surface area contributed by atoms with Crippen molar-refractivity contribution in [3.8, 4) is 0 Å². The van der Waals surface area contributed by atoms with Crippen LogP contribution in [0, 0.1) is 5.92 Å². The van der Waals surface area contributed by atoms with Crippen LogP contribution in [-0.2, 0) is 0 Å². The van der Waals surface area contributed by atoms with Crippen molar-refractivity contribution in [3.05, 3.63) is 0 Å². The van der Waals surface area contributed by atoms with Crippen molar-refractivity contribution in [1.29, 1.82) is 0 Å². The van der Waals surface area contributed by atoms with Gasteiger partial charge in [0.1, 0.15) is 0 Å². The molecule has 1 heterocycles. The SMILES string of the molecule is C[C@H]1CCC2NCSC2C1. The molecule has 58 valence electrons. The van der Waals surface area contributed by atoms with Crippen LogP contribution in [0.2, 0.25) is 0 Å². The van der Waals surface area contributed by atoms with Gasteiger partial charge in [0.05, 0.1) is 0 Å². The van der Waals surface area contributed by atoms with Gasteiger partial charge < -0.3 is 5.32 Å². The molecule has 1 saturated heterocycles. The van der Waals surface area contributed by atoms with Crippen molar-refractivity contribution in [2.75, 3.05) is 5.88 Å². The second kappa shape index (κ2) is 2.74. The number of fused-ring (bicyclic) bond motifs is 1. The van der Waals surface area contributed by atoms with E-state index in [-0.39, 0.29) is 0 Å². The van der Waals surface area contributed by atoms with Crippen LogP contribution in [-0.4, -0.2) is 17.2 Å². The normalized spacial score (nSPS) is 47.1. The third-order valence-electron chi connectivity index (χ3n) is 2.70. The van der Waals surface area contributed by atoms with Crippen molar-refractivity contribution < 1.29 is 0 Å². The highest BCUT2D eigenvalue weighted by Gasteiger charge is 2.32. The molecule has 1 nitrogen and oxygen atoms in total. The molecule has 0 aromatic rings. The van der Waals surface area contributed by atoms with Crippen molar-refractivity contribution in [2.45, 2.75) is 37.5 Å². The summed E-state index contributed by atoms with van der Waals surface area (Å²) in [4.78, 5) is 0. The molecule has 0 spiro atoms. The van der Waals surface area contributed by atoms with Crippen LogP contribution in [0.1, 0.15) is 26.2 Å². The van der Waals surface area contributed by atoms with Gasteiger partial charge in [-0.05, 0) is 25.2 Å². The Morgan fingerprint density at radius 3 is 3.20 bits per heavy atom. The number of rotatable bonds is 0. The van der Waals surface area contributed by atoms with E-state index < -0.39 is 0 Å². The predicted octanol–water partition coefficient (Wildman–Crippen LogP) is 1.84. The van der Waals surface area contributed by atoms with Gasteiger partial charge in [-0.3, -0.25) is 0 Å². The number of nitrogens with one attached hydrogen (secondary N) is 1. The van der Waals surface area contributed by atoms with E-state index >= 15 is 0 Å². The zero-order chi connectivity index (χ0) is 6.97. The van der Waals surface area contributed by atoms with Crippen molar-refractivity contribution in [1.82, 2.24) is 5.32 Å². The van der Waals surface area contributed by atoms with Crippen molar-refractivity contribution >= 4 is 11.8 Å². The maximum Gasteiger partial charge on any atom is 0.0423 e. The third kappa shape index (κ3) is 1.19. The van der Waals surface area contributed by atoms with Gasteiger partial charge in [-0.2, -0.15) is 0 Å². The molecule has 0 bridgehead atoms. The Bertz CT molecular complexity index is 126. The summed E-state index contributed by atoms with van der Waals surface area (Å²) in [5.41, 5.74) is 0. The highest BCUT2D eigenvalue weighted by atomic mass is 32.2. The minimum absolute atomic E-state index is 0.862. The topological polar surface area (TPSA) is 12.0 Å². The molecule has 0 radical (unpaired) electrons. The van der Waals surface area contributed by atoms with Gasteiger partial charge in [-0.15, -0.1) is 11.8 Å². The average Bonchev–Trinajstić information content (AvgIpc) is 2.33. The summed E-state index contributed by atoms with van der Waals surface area (Å²) in [7, 11) is 0. The second-order valence-electron chi connectivity index (χ2n) is 3.58. The van der Waals surface area contributed by atoms with E-state index in [9.17, 15) is 0 Å². The van der Waals surface area contributed by atoms with E-state index in [0.29, 0.717) is 0 Å². The largest absolute Gasteiger partial charge is 0.304 e. The van der Waals surface area contributed by atoms with E-state index in [0.717, 1.165) is 17.2 Å². The lowest BCUT2D eigenvalue weighted by molar-refractivity contribution is 0.338. The fourth-order valence-electron chi connectivity index (χ4n) is 2.01. The second-order valence-corrected chi connectivity index (χ2v) is 4.81. The van der Waals surface area contributed by atoms with Gasteiger partial charge in [0, 0.05) is 17.2 Å². The highest BCUT2D eigenvalue weighted by Crippen LogP contribution is 2.35. The predicted molar refractivity (Wildman–Crippen MR) is 46.2 cm³/mol. The fraction of sp³-hybridized carbons (Fsp3) is 1.00. The molecule has 3 atom stereocenters. The fourth-order valence-corrected chi connectivity index (χ4v) is 3.46. The lowest BCUT2D eigenvalue weighted by Gasteiger charge is -2.28. The Morgan fingerprint density at radius 1 is 1.40 bits per heavy atom. The number of hydrogen-bond acceptors (Lipinski definition) is 2. The molecule has 2 unspecified atom stereocenters. The number of thioether (sulfide) groups is 1. The maximum absolute atomic E-state index is 3.54. The standard InChI is InChI=1S/C8H15NS/c1-6-2-3-7-8(4-6)10-5-9-7/h6-9H,2-5H2,1H3/t6-,7?,8?/m0/s1. The van der Waals surface area contributed by atoms with E-state index in [1.54, 1.807) is 0 Å². The first-order valence-corrected chi connectivity index (χ1v) is 5.26. The average molecular weight is 157 g/mol. The van der Waals surface area contributed by atoms with Crippen molar-refractivity contribution in [3.63, 3.8) is 0 Å². The van der Waals surface area contributed by atoms with Crippen LogP contribution < -0.4 is 5.32 Å². The van der Waals surface area contributed by atoms with Crippen LogP contribution in [0.4, 0.5) is 0 Å². The minimum Gasteiger partial charge on any atom is -0.304 e. The highest BCUT2D eigenvalue weighted by molar-refractivity contribution is 8.00. The molecule has 0 aromatic carbocycles. The van der Waals surface area contributed by atoms with Crippen LogP contribution in [0.5, 0.6) is 0 Å². The number of hydrogen-bond donors (Lipinski definition) is 1. The lowest BCUT2D eigenvalue weighted by Crippen LogP contribution is -2.34. The van der Waals surface area contributed by atoms with Gasteiger partial charge in [0.15, 0.2) is 0 Å². The zero-order valence-corrected chi connectivity index (χ0v) is 7.29. The van der Waals surface area contributed by atoms with Crippen LogP contribution in [0.3, 0.4) is 0 Å². The molecule has 0 amide bonds. The van der Waals surface area contributed by atoms with Gasteiger partial charge in [0.25, 0.3) is 0 Å². The first kappa shape index (κ1) is 6.99. The summed E-state index contributed by atoms with van der Waals surface area (Å²) in [6.07, 6.45) is 4.30. The molecular formula is C8H15NS. The van der Waals surface area contributed by atoms with E-state index in [1.807, 2.05) is 0 Å². The Kier molecular flexibility index (Phi) is 1.92. The summed E-state index contributed by atoms with van der Waals surface area (Å²) >= 11 is 2.12. The Morgan fingerprint density at radius 2 is 2.30 bits per heavy atom. The smallest absolute Gasteiger partial charge is 0.0423 e. The van der Waals surface area contributed by atoms with Gasteiger partial charge in [-0.25, -0.2) is 0 Å². The van der Waals surface area contributed by atoms with E-state index in [2.05, 4.69) is 24.0 Å². The summed E-state index contributed by atoms with van der Waals surface area (Å²) in [5.74, 6) is 2.18. The van der Waals surface area contributed by atoms with E-state index in [4.69, 9.17) is 0 Å². The van der Waals surface area contributed by atoms with Crippen LogP contribution in [0.25, 0.3) is 0 Å². The molecule has 2 aliphatic rings. The lowest BCUT2D eigenvalue weighted by atomic mass is 9.87. The summed E-state index contributed by atoms with van der Waals surface area (Å²) in [6, 6.07) is 0.862. The maximum atomic E-state index is 3.54. The van der Waals surface area contributed by atoms with Crippen LogP contribution >= 0.6 is 11.8 Å². The van der Waals surface area contributed by atoms with Crippen molar-refractivity contribution in [2.24, 2.45) is 5.92 Å². The minimum atomic E-state index is 0.862. The summed E-state index contributed by atoms with van der Waals surface area (Å²) in [5, 5.41) is 4.49. The zero-order valence-electron chi connectivity index (χ0n) is 6.47. The van der Waals surface area contributed by atoms with Crippen LogP contribution in [0.15, 0.2) is 0 Å². The van der Waals surface area contributed by atoms with Gasteiger partial charge in [-0.1, -0.05) is 6.92 Å². The molecule has 1 aliphatic carbocycles. The molecule has 0 aromatic heterocycles. The summed E-state index contributed by atoms with van der Waals surface area (Å²) in [6.45, 7) is 2.38. The Hall–Kier alpha value is 0.310. The molecule has 2 rings (SSSR count). The molecule has 1 N–H and O–H groups in total. The Labute approximate surface area is 67.0 Å². The first-order chi connectivity index (χ1) is 4.86. The quantitative estimate of drug-likeness (QED) is 0.576. The first-order valence-electron chi connectivity index (χ1n) is 4.21. The summed E-state index contributed by atoms with van der Waals surface area (Å²) < 4.78 is 0. The molecule has 10 heavy (non-hydrogen) atoms. The molecule has 1 saturated carbocycles. The molecule has 2 fully saturated rings. The third-order valence-corrected chi connectivity index (χ3v) is 3.98. The van der Waals surface area contributed by atoms with Gasteiger partial charge in [0.2, 0.25) is 0 Å². The van der Waals surface area contributed by atoms with Gasteiger partial charge >= 0.3 is 0 Å².